The maximum atomic E-state index is 12.5. The quantitative estimate of drug-likeness (QED) is 0.496. The highest BCUT2D eigenvalue weighted by Gasteiger charge is 2.55. The summed E-state index contributed by atoms with van der Waals surface area (Å²) in [6, 6.07) is 10.2. The molecule has 3 heterocycles. The lowest BCUT2D eigenvalue weighted by atomic mass is 9.62. The zero-order valence-corrected chi connectivity index (χ0v) is 22.1. The van der Waals surface area contributed by atoms with Gasteiger partial charge in [0.2, 0.25) is 17.6 Å². The van der Waals surface area contributed by atoms with Crippen LogP contribution in [0.4, 0.5) is 0 Å². The van der Waals surface area contributed by atoms with E-state index in [1.54, 1.807) is 12.4 Å². The third kappa shape index (κ3) is 4.57. The Kier molecular flexibility index (Phi) is 6.66. The average molecular weight is 504 g/mol. The van der Waals surface area contributed by atoms with Crippen molar-refractivity contribution in [1.29, 1.82) is 0 Å². The molecule has 3 aromatic rings. The van der Waals surface area contributed by atoms with E-state index in [0.717, 1.165) is 44.3 Å². The van der Waals surface area contributed by atoms with Crippen LogP contribution in [0, 0.1) is 11.3 Å². The Morgan fingerprint density at radius 2 is 1.81 bits per heavy atom. The summed E-state index contributed by atoms with van der Waals surface area (Å²) in [5.41, 5.74) is 7.35. The molecule has 0 bridgehead atoms. The molecule has 1 unspecified atom stereocenters. The van der Waals surface area contributed by atoms with Crippen LogP contribution in [0.2, 0.25) is 0 Å². The van der Waals surface area contributed by atoms with Gasteiger partial charge in [0.05, 0.1) is 0 Å². The van der Waals surface area contributed by atoms with Crippen LogP contribution in [0.15, 0.2) is 47.2 Å². The van der Waals surface area contributed by atoms with Crippen LogP contribution in [0.5, 0.6) is 0 Å². The second-order valence-corrected chi connectivity index (χ2v) is 11.6. The smallest absolute Gasteiger partial charge is 0.230 e. The first-order valence-corrected chi connectivity index (χ1v) is 13.2. The summed E-state index contributed by atoms with van der Waals surface area (Å²) in [7, 11) is 2.07. The molecule has 8 nitrogen and oxygen atoms in total. The molecule has 1 saturated heterocycles. The highest BCUT2D eigenvalue weighted by molar-refractivity contribution is 5.76. The molecule has 37 heavy (non-hydrogen) atoms. The largest absolute Gasteiger partial charge is 0.380 e. The van der Waals surface area contributed by atoms with E-state index in [4.69, 9.17) is 10.3 Å². The van der Waals surface area contributed by atoms with E-state index in [1.165, 1.54) is 5.56 Å². The van der Waals surface area contributed by atoms with Gasteiger partial charge in [-0.3, -0.25) is 9.78 Å². The van der Waals surface area contributed by atoms with Crippen molar-refractivity contribution >= 4 is 5.91 Å². The van der Waals surface area contributed by atoms with E-state index in [1.807, 2.05) is 18.2 Å². The molecule has 2 aromatic heterocycles. The van der Waals surface area contributed by atoms with Crippen LogP contribution in [0.3, 0.4) is 0 Å². The predicted octanol–water partition coefficient (Wildman–Crippen LogP) is 4.20. The lowest BCUT2D eigenvalue weighted by Crippen LogP contribution is -2.63. The third-order valence-corrected chi connectivity index (χ3v) is 8.44. The normalized spacial score (nSPS) is 23.4. The van der Waals surface area contributed by atoms with Crippen molar-refractivity contribution < 1.29 is 14.4 Å². The van der Waals surface area contributed by atoms with Crippen LogP contribution >= 0.6 is 0 Å². The van der Waals surface area contributed by atoms with Crippen molar-refractivity contribution in [2.75, 3.05) is 20.1 Å². The molecule has 1 aliphatic carbocycles. The predicted molar refractivity (Wildman–Crippen MR) is 141 cm³/mol. The third-order valence-electron chi connectivity index (χ3n) is 8.44. The fraction of sp³-hybridized carbons (Fsp3) is 0.517. The lowest BCUT2D eigenvalue weighted by molar-refractivity contribution is -0.127. The number of likely N-dealkylation sites (tertiary alicyclic amines) is 1. The summed E-state index contributed by atoms with van der Waals surface area (Å²) >= 11 is 0. The van der Waals surface area contributed by atoms with Gasteiger partial charge in [-0.05, 0) is 55.8 Å². The Morgan fingerprint density at radius 3 is 2.41 bits per heavy atom. The number of benzene rings is 1. The number of carbonyl (C=O) groups excluding carboxylic acids is 1. The summed E-state index contributed by atoms with van der Waals surface area (Å²) in [5, 5.41) is 16.7. The summed E-state index contributed by atoms with van der Waals surface area (Å²) in [6.07, 6.45) is 6.53. The standard InChI is InChI=1S/C29H37N5O3/c1-18(2)19-9-11-23(12-10-19)29(36,28(3)16-34(4)17-28)24-13-22(14-31-15-24)26-32-27(37-33-26)21-7-5-20(6-8-21)25(30)35/h9-15,18,20-21,36H,5-8,16-17H2,1-4H3,(H2,30,35)/t20-,21-,29?. The molecule has 2 fully saturated rings. The van der Waals surface area contributed by atoms with Crippen LogP contribution in [-0.2, 0) is 10.4 Å². The molecule has 1 aromatic carbocycles. The molecule has 1 saturated carbocycles. The highest BCUT2D eigenvalue weighted by Crippen LogP contribution is 2.50. The molecule has 5 rings (SSSR count). The summed E-state index contributed by atoms with van der Waals surface area (Å²) < 4.78 is 5.64. The van der Waals surface area contributed by atoms with Gasteiger partial charge in [-0.1, -0.05) is 50.2 Å². The second-order valence-electron chi connectivity index (χ2n) is 11.6. The Bertz CT molecular complexity index is 1260. The minimum absolute atomic E-state index is 0.0706. The van der Waals surface area contributed by atoms with E-state index < -0.39 is 5.60 Å². The Hall–Kier alpha value is -3.10. The number of nitrogens with two attached hydrogens (primary N) is 1. The molecule has 2 aliphatic rings. The van der Waals surface area contributed by atoms with Gasteiger partial charge in [-0.15, -0.1) is 0 Å². The lowest BCUT2D eigenvalue weighted by Gasteiger charge is -2.55. The molecule has 3 N–H and O–H groups in total. The Balaban J connectivity index is 1.46. The molecule has 1 amide bonds. The number of carbonyl (C=O) groups is 1. The first-order chi connectivity index (χ1) is 17.6. The van der Waals surface area contributed by atoms with Crippen molar-refractivity contribution in [3.8, 4) is 11.4 Å². The van der Waals surface area contributed by atoms with Gasteiger partial charge in [-0.25, -0.2) is 0 Å². The van der Waals surface area contributed by atoms with Crippen LogP contribution in [0.25, 0.3) is 11.4 Å². The van der Waals surface area contributed by atoms with E-state index in [0.29, 0.717) is 28.8 Å². The molecule has 0 spiro atoms. The number of aromatic nitrogens is 3. The summed E-state index contributed by atoms with van der Waals surface area (Å²) in [4.78, 5) is 22.9. The van der Waals surface area contributed by atoms with Crippen molar-refractivity contribution in [2.24, 2.45) is 17.1 Å². The molecular formula is C29H37N5O3. The highest BCUT2D eigenvalue weighted by atomic mass is 16.5. The molecule has 1 aliphatic heterocycles. The molecule has 196 valence electrons. The van der Waals surface area contributed by atoms with E-state index in [2.05, 4.69) is 60.0 Å². The first kappa shape index (κ1) is 25.5. The van der Waals surface area contributed by atoms with E-state index in [9.17, 15) is 9.90 Å². The van der Waals surface area contributed by atoms with Gasteiger partial charge in [-0.2, -0.15) is 4.98 Å². The number of primary amides is 1. The molecule has 8 heteroatoms. The van der Waals surface area contributed by atoms with Crippen molar-refractivity contribution in [3.63, 3.8) is 0 Å². The average Bonchev–Trinajstić information content (AvgIpc) is 3.38. The van der Waals surface area contributed by atoms with E-state index in [-0.39, 0.29) is 23.2 Å². The number of pyridine rings is 1. The fourth-order valence-corrected chi connectivity index (χ4v) is 6.25. The minimum atomic E-state index is -1.24. The van der Waals surface area contributed by atoms with Crippen molar-refractivity contribution in [2.45, 2.75) is 63.9 Å². The number of amides is 1. The van der Waals surface area contributed by atoms with Gasteiger partial charge in [0.15, 0.2) is 0 Å². The summed E-state index contributed by atoms with van der Waals surface area (Å²) in [6.45, 7) is 7.99. The van der Waals surface area contributed by atoms with Gasteiger partial charge in [0, 0.05) is 53.9 Å². The maximum absolute atomic E-state index is 12.5. The molecule has 1 atom stereocenters. The van der Waals surface area contributed by atoms with Gasteiger partial charge < -0.3 is 20.3 Å². The van der Waals surface area contributed by atoms with Crippen LogP contribution in [-0.4, -0.2) is 51.2 Å². The van der Waals surface area contributed by atoms with Crippen LogP contribution in [0.1, 0.15) is 80.9 Å². The molecular weight excluding hydrogens is 466 g/mol. The maximum Gasteiger partial charge on any atom is 0.230 e. The van der Waals surface area contributed by atoms with E-state index >= 15 is 0 Å². The Labute approximate surface area is 218 Å². The van der Waals surface area contributed by atoms with Crippen LogP contribution < -0.4 is 5.73 Å². The zero-order valence-electron chi connectivity index (χ0n) is 22.1. The van der Waals surface area contributed by atoms with Gasteiger partial charge in [0.1, 0.15) is 5.60 Å². The summed E-state index contributed by atoms with van der Waals surface area (Å²) in [5.74, 6) is 1.26. The van der Waals surface area contributed by atoms with Gasteiger partial charge >= 0.3 is 0 Å². The number of aliphatic hydroxyl groups is 1. The minimum Gasteiger partial charge on any atom is -0.380 e. The number of hydrogen-bond donors (Lipinski definition) is 2. The van der Waals surface area contributed by atoms with Crippen molar-refractivity contribution in [3.05, 3.63) is 65.3 Å². The first-order valence-electron chi connectivity index (χ1n) is 13.2. The number of nitrogens with zero attached hydrogens (tertiary/aromatic N) is 4. The second kappa shape index (κ2) is 9.65. The number of rotatable bonds is 7. The Morgan fingerprint density at radius 1 is 1.14 bits per heavy atom. The van der Waals surface area contributed by atoms with Crippen molar-refractivity contribution in [1.82, 2.24) is 20.0 Å². The topological polar surface area (TPSA) is 118 Å². The molecule has 0 radical (unpaired) electrons. The monoisotopic (exact) mass is 503 g/mol. The van der Waals surface area contributed by atoms with Gasteiger partial charge in [0.25, 0.3) is 0 Å². The zero-order chi connectivity index (χ0) is 26.4. The fourth-order valence-electron chi connectivity index (χ4n) is 6.25. The number of hydrogen-bond acceptors (Lipinski definition) is 7. The SMILES string of the molecule is CC(C)c1ccc(C(O)(c2cncc(-c3noc([C@H]4CC[C@H](C(N)=O)CC4)n3)c2)C2(C)CN(C)C2)cc1.